The average molecular weight is 340 g/mol. The normalized spacial score (nSPS) is 13.4. The predicted molar refractivity (Wildman–Crippen MR) is 107 cm³/mol. The van der Waals surface area contributed by atoms with E-state index in [9.17, 15) is 5.11 Å². The third kappa shape index (κ3) is 5.09. The van der Waals surface area contributed by atoms with Gasteiger partial charge in [-0.05, 0) is 66.1 Å². The topological polar surface area (TPSA) is 23.5 Å². The Kier molecular flexibility index (Phi) is 6.29. The number of nitrogens with zero attached hydrogens (tertiary/aromatic N) is 1. The standard InChI is InChI=1S/C23H33NO/c1-17(2)24(23(4,5)6)15-14-20(19-10-8-7-9-11-19)21-16-18(3)12-13-22(21)25/h7-13,16-17,20,25H,14-15H2,1-6H3. The molecule has 0 aromatic heterocycles. The molecule has 1 atom stereocenters. The van der Waals surface area contributed by atoms with E-state index in [1.807, 2.05) is 18.2 Å². The number of aromatic hydroxyl groups is 1. The summed E-state index contributed by atoms with van der Waals surface area (Å²) in [5, 5.41) is 10.5. The fourth-order valence-electron chi connectivity index (χ4n) is 3.78. The van der Waals surface area contributed by atoms with Crippen LogP contribution < -0.4 is 0 Å². The molecule has 0 saturated carbocycles. The first-order valence-corrected chi connectivity index (χ1v) is 9.31. The highest BCUT2D eigenvalue weighted by atomic mass is 16.3. The van der Waals surface area contributed by atoms with Crippen LogP contribution in [0.1, 0.15) is 63.6 Å². The maximum absolute atomic E-state index is 10.5. The second-order valence-electron chi connectivity index (χ2n) is 8.27. The van der Waals surface area contributed by atoms with Gasteiger partial charge in [0.05, 0.1) is 0 Å². The summed E-state index contributed by atoms with van der Waals surface area (Å²) < 4.78 is 0. The number of hydrogen-bond donors (Lipinski definition) is 1. The van der Waals surface area contributed by atoms with E-state index in [0.29, 0.717) is 11.8 Å². The van der Waals surface area contributed by atoms with Crippen molar-refractivity contribution in [3.8, 4) is 5.75 Å². The van der Waals surface area contributed by atoms with Crippen LogP contribution in [-0.4, -0.2) is 28.1 Å². The highest BCUT2D eigenvalue weighted by molar-refractivity contribution is 5.43. The van der Waals surface area contributed by atoms with E-state index in [-0.39, 0.29) is 11.5 Å². The zero-order valence-corrected chi connectivity index (χ0v) is 16.6. The van der Waals surface area contributed by atoms with Crippen LogP contribution in [0.4, 0.5) is 0 Å². The number of phenolic OH excluding ortho intramolecular Hbond substituents is 1. The van der Waals surface area contributed by atoms with Crippen molar-refractivity contribution >= 4 is 0 Å². The molecule has 0 saturated heterocycles. The van der Waals surface area contributed by atoms with Crippen molar-refractivity contribution in [3.05, 3.63) is 65.2 Å². The molecule has 2 nitrogen and oxygen atoms in total. The summed E-state index contributed by atoms with van der Waals surface area (Å²) in [6.07, 6.45) is 0.983. The van der Waals surface area contributed by atoms with Crippen molar-refractivity contribution in [2.75, 3.05) is 6.54 Å². The summed E-state index contributed by atoms with van der Waals surface area (Å²) >= 11 is 0. The predicted octanol–water partition coefficient (Wildman–Crippen LogP) is 5.73. The Bertz CT molecular complexity index is 670. The highest BCUT2D eigenvalue weighted by Crippen LogP contribution is 2.35. The van der Waals surface area contributed by atoms with Gasteiger partial charge in [0.15, 0.2) is 0 Å². The molecule has 0 bridgehead atoms. The first kappa shape index (κ1) is 19.5. The van der Waals surface area contributed by atoms with Crippen LogP contribution >= 0.6 is 0 Å². The van der Waals surface area contributed by atoms with Gasteiger partial charge < -0.3 is 5.11 Å². The van der Waals surface area contributed by atoms with Crippen LogP contribution in [0.2, 0.25) is 0 Å². The van der Waals surface area contributed by atoms with Gasteiger partial charge in [0.1, 0.15) is 5.75 Å². The van der Waals surface area contributed by atoms with Crippen LogP contribution in [0, 0.1) is 6.92 Å². The van der Waals surface area contributed by atoms with Gasteiger partial charge in [-0.15, -0.1) is 0 Å². The lowest BCUT2D eigenvalue weighted by Crippen LogP contribution is -2.46. The Morgan fingerprint density at radius 1 is 1.00 bits per heavy atom. The lowest BCUT2D eigenvalue weighted by molar-refractivity contribution is 0.0960. The van der Waals surface area contributed by atoms with E-state index in [2.05, 4.69) is 76.8 Å². The van der Waals surface area contributed by atoms with Crippen molar-refractivity contribution in [2.24, 2.45) is 0 Å². The Morgan fingerprint density at radius 2 is 1.64 bits per heavy atom. The van der Waals surface area contributed by atoms with E-state index >= 15 is 0 Å². The van der Waals surface area contributed by atoms with Crippen LogP contribution in [0.3, 0.4) is 0 Å². The molecule has 2 rings (SSSR count). The Balaban J connectivity index is 2.35. The fourth-order valence-corrected chi connectivity index (χ4v) is 3.78. The quantitative estimate of drug-likeness (QED) is 0.726. The zero-order chi connectivity index (χ0) is 18.6. The minimum Gasteiger partial charge on any atom is -0.508 e. The van der Waals surface area contributed by atoms with E-state index in [1.54, 1.807) is 0 Å². The smallest absolute Gasteiger partial charge is 0.119 e. The number of phenols is 1. The Morgan fingerprint density at radius 3 is 2.20 bits per heavy atom. The first-order valence-electron chi connectivity index (χ1n) is 9.31. The molecule has 0 aliphatic heterocycles. The monoisotopic (exact) mass is 339 g/mol. The van der Waals surface area contributed by atoms with Gasteiger partial charge in [0, 0.05) is 23.1 Å². The minimum absolute atomic E-state index is 0.129. The second-order valence-corrected chi connectivity index (χ2v) is 8.27. The van der Waals surface area contributed by atoms with Crippen molar-refractivity contribution in [3.63, 3.8) is 0 Å². The van der Waals surface area contributed by atoms with Crippen molar-refractivity contribution in [2.45, 2.75) is 65.5 Å². The van der Waals surface area contributed by atoms with E-state index in [4.69, 9.17) is 0 Å². The minimum atomic E-state index is 0.129. The maximum atomic E-state index is 10.5. The van der Waals surface area contributed by atoms with Gasteiger partial charge in [-0.25, -0.2) is 0 Å². The molecule has 0 radical (unpaired) electrons. The zero-order valence-electron chi connectivity index (χ0n) is 16.6. The molecule has 0 aliphatic rings. The van der Waals surface area contributed by atoms with Gasteiger partial charge in [-0.3, -0.25) is 4.90 Å². The molecule has 2 heteroatoms. The largest absolute Gasteiger partial charge is 0.508 e. The first-order chi connectivity index (χ1) is 11.7. The van der Waals surface area contributed by atoms with Crippen molar-refractivity contribution < 1.29 is 5.11 Å². The van der Waals surface area contributed by atoms with Gasteiger partial charge in [-0.1, -0.05) is 48.0 Å². The SMILES string of the molecule is Cc1ccc(O)c(C(CCN(C(C)C)C(C)(C)C)c2ccccc2)c1. The summed E-state index contributed by atoms with van der Waals surface area (Å²) in [7, 11) is 0. The maximum Gasteiger partial charge on any atom is 0.119 e. The van der Waals surface area contributed by atoms with Crippen LogP contribution in [0.15, 0.2) is 48.5 Å². The molecule has 2 aromatic rings. The Hall–Kier alpha value is -1.80. The van der Waals surface area contributed by atoms with Crippen molar-refractivity contribution in [1.82, 2.24) is 4.90 Å². The molecule has 0 fully saturated rings. The van der Waals surface area contributed by atoms with Crippen LogP contribution in [-0.2, 0) is 0 Å². The Labute approximate surface area is 153 Å². The third-order valence-corrected chi connectivity index (χ3v) is 4.90. The van der Waals surface area contributed by atoms with Crippen LogP contribution in [0.5, 0.6) is 5.75 Å². The molecule has 1 unspecified atom stereocenters. The molecular formula is C23H33NO. The van der Waals surface area contributed by atoms with E-state index in [1.165, 1.54) is 11.1 Å². The number of hydrogen-bond acceptors (Lipinski definition) is 2. The number of benzene rings is 2. The summed E-state index contributed by atoms with van der Waals surface area (Å²) in [5.74, 6) is 0.594. The second kappa shape index (κ2) is 8.05. The highest BCUT2D eigenvalue weighted by Gasteiger charge is 2.26. The summed E-state index contributed by atoms with van der Waals surface area (Å²) in [6.45, 7) is 14.4. The molecule has 136 valence electrons. The lowest BCUT2D eigenvalue weighted by atomic mass is 9.86. The molecule has 25 heavy (non-hydrogen) atoms. The molecule has 0 amide bonds. The van der Waals surface area contributed by atoms with E-state index < -0.39 is 0 Å². The molecule has 1 N–H and O–H groups in total. The van der Waals surface area contributed by atoms with Gasteiger partial charge in [0.2, 0.25) is 0 Å². The van der Waals surface area contributed by atoms with Crippen LogP contribution in [0.25, 0.3) is 0 Å². The van der Waals surface area contributed by atoms with Gasteiger partial charge >= 0.3 is 0 Å². The van der Waals surface area contributed by atoms with E-state index in [0.717, 1.165) is 18.5 Å². The third-order valence-electron chi connectivity index (χ3n) is 4.90. The molecule has 0 aliphatic carbocycles. The van der Waals surface area contributed by atoms with Gasteiger partial charge in [-0.2, -0.15) is 0 Å². The summed E-state index contributed by atoms with van der Waals surface area (Å²) in [6, 6.07) is 17.0. The molecular weight excluding hydrogens is 306 g/mol. The molecule has 2 aromatic carbocycles. The summed E-state index contributed by atoms with van der Waals surface area (Å²) in [4.78, 5) is 2.54. The summed E-state index contributed by atoms with van der Waals surface area (Å²) in [5.41, 5.74) is 3.61. The average Bonchev–Trinajstić information content (AvgIpc) is 2.53. The van der Waals surface area contributed by atoms with Gasteiger partial charge in [0.25, 0.3) is 0 Å². The fraction of sp³-hybridized carbons (Fsp3) is 0.478. The molecule has 0 spiro atoms. The lowest BCUT2D eigenvalue weighted by Gasteiger charge is -2.40. The van der Waals surface area contributed by atoms with Crippen molar-refractivity contribution in [1.29, 1.82) is 0 Å². The number of aryl methyl sites for hydroxylation is 1. The molecule has 0 heterocycles. The number of rotatable bonds is 6.